The predicted octanol–water partition coefficient (Wildman–Crippen LogP) is 2.69. The number of rotatable bonds is 5. The molecule has 1 saturated carbocycles. The van der Waals surface area contributed by atoms with Gasteiger partial charge in [0.15, 0.2) is 0 Å². The van der Waals surface area contributed by atoms with Crippen molar-refractivity contribution in [2.75, 3.05) is 13.2 Å². The van der Waals surface area contributed by atoms with Crippen LogP contribution in [0.3, 0.4) is 0 Å². The molecule has 0 bridgehead atoms. The SMILES string of the molecule is CC(CO)CNC(=O)C1(c2cccs2)CCCCC1. The van der Waals surface area contributed by atoms with Gasteiger partial charge < -0.3 is 10.4 Å². The van der Waals surface area contributed by atoms with Crippen molar-refractivity contribution in [2.45, 2.75) is 44.4 Å². The van der Waals surface area contributed by atoms with Crippen molar-refractivity contribution >= 4 is 17.2 Å². The highest BCUT2D eigenvalue weighted by molar-refractivity contribution is 7.10. The highest BCUT2D eigenvalue weighted by atomic mass is 32.1. The number of hydrogen-bond donors (Lipinski definition) is 2. The van der Waals surface area contributed by atoms with Gasteiger partial charge in [-0.3, -0.25) is 4.79 Å². The summed E-state index contributed by atoms with van der Waals surface area (Å²) in [6.45, 7) is 2.62. The third-order valence-corrected chi connectivity index (χ3v) is 5.13. The molecule has 0 spiro atoms. The lowest BCUT2D eigenvalue weighted by molar-refractivity contribution is -0.128. The first kappa shape index (κ1) is 14.5. The molecule has 1 aliphatic rings. The molecule has 2 N–H and O–H groups in total. The number of aliphatic hydroxyl groups excluding tert-OH is 1. The smallest absolute Gasteiger partial charge is 0.231 e. The molecule has 1 unspecified atom stereocenters. The minimum atomic E-state index is -0.318. The van der Waals surface area contributed by atoms with Gasteiger partial charge in [-0.15, -0.1) is 11.3 Å². The third-order valence-electron chi connectivity index (χ3n) is 4.06. The van der Waals surface area contributed by atoms with E-state index in [1.807, 2.05) is 13.0 Å². The van der Waals surface area contributed by atoms with Gasteiger partial charge >= 0.3 is 0 Å². The van der Waals surface area contributed by atoms with E-state index in [0.717, 1.165) is 25.7 Å². The summed E-state index contributed by atoms with van der Waals surface area (Å²) in [5, 5.41) is 14.1. The van der Waals surface area contributed by atoms with Gasteiger partial charge in [-0.1, -0.05) is 32.3 Å². The van der Waals surface area contributed by atoms with Gasteiger partial charge in [0.1, 0.15) is 0 Å². The van der Waals surface area contributed by atoms with Crippen LogP contribution in [0.25, 0.3) is 0 Å². The zero-order valence-corrected chi connectivity index (χ0v) is 12.3. The summed E-state index contributed by atoms with van der Waals surface area (Å²) in [7, 11) is 0. The second kappa shape index (κ2) is 6.53. The Morgan fingerprint density at radius 2 is 2.21 bits per heavy atom. The molecule has 1 fully saturated rings. The average molecular weight is 281 g/mol. The van der Waals surface area contributed by atoms with E-state index in [2.05, 4.69) is 16.8 Å². The van der Waals surface area contributed by atoms with Crippen molar-refractivity contribution in [1.82, 2.24) is 5.32 Å². The Balaban J connectivity index is 2.11. The highest BCUT2D eigenvalue weighted by Gasteiger charge is 2.41. The van der Waals surface area contributed by atoms with E-state index in [9.17, 15) is 4.79 Å². The van der Waals surface area contributed by atoms with Gasteiger partial charge in [0, 0.05) is 18.0 Å². The van der Waals surface area contributed by atoms with Crippen molar-refractivity contribution in [2.24, 2.45) is 5.92 Å². The normalized spacial score (nSPS) is 19.9. The second-order valence-electron chi connectivity index (χ2n) is 5.62. The van der Waals surface area contributed by atoms with Crippen LogP contribution in [0.15, 0.2) is 17.5 Å². The highest BCUT2D eigenvalue weighted by Crippen LogP contribution is 2.41. The zero-order valence-electron chi connectivity index (χ0n) is 11.5. The van der Waals surface area contributed by atoms with Crippen LogP contribution >= 0.6 is 11.3 Å². The van der Waals surface area contributed by atoms with E-state index in [4.69, 9.17) is 5.11 Å². The van der Waals surface area contributed by atoms with E-state index in [1.54, 1.807) is 11.3 Å². The molecule has 19 heavy (non-hydrogen) atoms. The van der Waals surface area contributed by atoms with E-state index in [0.29, 0.717) is 6.54 Å². The predicted molar refractivity (Wildman–Crippen MR) is 78.3 cm³/mol. The molecular formula is C15H23NO2S. The Kier molecular flexibility index (Phi) is 4.99. The van der Waals surface area contributed by atoms with Crippen molar-refractivity contribution < 1.29 is 9.90 Å². The summed E-state index contributed by atoms with van der Waals surface area (Å²) in [4.78, 5) is 13.8. The van der Waals surface area contributed by atoms with E-state index >= 15 is 0 Å². The Morgan fingerprint density at radius 3 is 2.79 bits per heavy atom. The summed E-state index contributed by atoms with van der Waals surface area (Å²) in [6, 6.07) is 4.12. The van der Waals surface area contributed by atoms with E-state index < -0.39 is 0 Å². The van der Waals surface area contributed by atoms with Crippen LogP contribution in [-0.4, -0.2) is 24.2 Å². The van der Waals surface area contributed by atoms with Crippen LogP contribution in [0.4, 0.5) is 0 Å². The average Bonchev–Trinajstić information content (AvgIpc) is 2.99. The first-order chi connectivity index (χ1) is 9.19. The first-order valence-electron chi connectivity index (χ1n) is 7.12. The standard InChI is InChI=1S/C15H23NO2S/c1-12(11-17)10-16-14(18)15(7-3-2-4-8-15)13-6-5-9-19-13/h5-6,9,12,17H,2-4,7-8,10-11H2,1H3,(H,16,18). The quantitative estimate of drug-likeness (QED) is 0.872. The lowest BCUT2D eigenvalue weighted by Crippen LogP contribution is -2.46. The lowest BCUT2D eigenvalue weighted by Gasteiger charge is -2.35. The van der Waals surface area contributed by atoms with Crippen LogP contribution in [0.5, 0.6) is 0 Å². The molecular weight excluding hydrogens is 258 g/mol. The molecule has 0 saturated heterocycles. The van der Waals surface area contributed by atoms with Gasteiger partial charge in [-0.25, -0.2) is 0 Å². The fraction of sp³-hybridized carbons (Fsp3) is 0.667. The molecule has 1 aliphatic carbocycles. The van der Waals surface area contributed by atoms with Crippen LogP contribution in [0.1, 0.15) is 43.9 Å². The number of thiophene rings is 1. The zero-order chi connectivity index (χ0) is 13.7. The summed E-state index contributed by atoms with van der Waals surface area (Å²) in [6.07, 6.45) is 5.38. The molecule has 106 valence electrons. The van der Waals surface area contributed by atoms with Gasteiger partial charge in [0.2, 0.25) is 5.91 Å². The van der Waals surface area contributed by atoms with Crippen LogP contribution in [0.2, 0.25) is 0 Å². The maximum absolute atomic E-state index is 12.7. The second-order valence-corrected chi connectivity index (χ2v) is 6.57. The molecule has 3 nitrogen and oxygen atoms in total. The minimum absolute atomic E-state index is 0.117. The summed E-state index contributed by atoms with van der Waals surface area (Å²) < 4.78 is 0. The molecule has 0 aliphatic heterocycles. The summed E-state index contributed by atoms with van der Waals surface area (Å²) in [5.41, 5.74) is -0.318. The number of amides is 1. The molecule has 2 rings (SSSR count). The molecule has 1 aromatic heterocycles. The maximum Gasteiger partial charge on any atom is 0.231 e. The Hall–Kier alpha value is -0.870. The van der Waals surface area contributed by atoms with Gasteiger partial charge in [0.05, 0.1) is 5.41 Å². The molecule has 1 atom stereocenters. The number of carbonyl (C=O) groups is 1. The summed E-state index contributed by atoms with van der Waals surface area (Å²) in [5.74, 6) is 0.267. The van der Waals surface area contributed by atoms with Crippen molar-refractivity contribution in [3.63, 3.8) is 0 Å². The molecule has 1 amide bonds. The number of aliphatic hydroxyl groups is 1. The van der Waals surface area contributed by atoms with Crippen LogP contribution in [0, 0.1) is 5.92 Å². The van der Waals surface area contributed by atoms with Gasteiger partial charge in [-0.05, 0) is 30.2 Å². The molecule has 4 heteroatoms. The first-order valence-corrected chi connectivity index (χ1v) is 8.00. The van der Waals surface area contributed by atoms with Crippen molar-refractivity contribution in [3.8, 4) is 0 Å². The van der Waals surface area contributed by atoms with E-state index in [1.165, 1.54) is 11.3 Å². The number of hydrogen-bond acceptors (Lipinski definition) is 3. The Bertz CT molecular complexity index is 396. The van der Waals surface area contributed by atoms with Crippen LogP contribution < -0.4 is 5.32 Å². The van der Waals surface area contributed by atoms with Gasteiger partial charge in [0.25, 0.3) is 0 Å². The monoisotopic (exact) mass is 281 g/mol. The van der Waals surface area contributed by atoms with Gasteiger partial charge in [-0.2, -0.15) is 0 Å². The largest absolute Gasteiger partial charge is 0.396 e. The molecule has 0 aromatic carbocycles. The molecule has 1 aromatic rings. The number of carbonyl (C=O) groups excluding carboxylic acids is 1. The molecule has 1 heterocycles. The van der Waals surface area contributed by atoms with E-state index in [-0.39, 0.29) is 23.8 Å². The Labute approximate surface area is 119 Å². The fourth-order valence-corrected chi connectivity index (χ4v) is 3.78. The lowest BCUT2D eigenvalue weighted by atomic mass is 9.72. The maximum atomic E-state index is 12.7. The van der Waals surface area contributed by atoms with Crippen molar-refractivity contribution in [1.29, 1.82) is 0 Å². The third kappa shape index (κ3) is 3.18. The topological polar surface area (TPSA) is 49.3 Å². The molecule has 0 radical (unpaired) electrons. The van der Waals surface area contributed by atoms with Crippen LogP contribution in [-0.2, 0) is 10.2 Å². The minimum Gasteiger partial charge on any atom is -0.396 e. The number of nitrogens with one attached hydrogen (secondary N) is 1. The summed E-state index contributed by atoms with van der Waals surface area (Å²) >= 11 is 1.69. The Morgan fingerprint density at radius 1 is 1.47 bits per heavy atom. The fourth-order valence-electron chi connectivity index (χ4n) is 2.79. The van der Waals surface area contributed by atoms with Crippen molar-refractivity contribution in [3.05, 3.63) is 22.4 Å².